The van der Waals surface area contributed by atoms with Crippen molar-refractivity contribution in [1.82, 2.24) is 0 Å². The molecule has 0 aliphatic heterocycles. The van der Waals surface area contributed by atoms with Crippen molar-refractivity contribution in [3.05, 3.63) is 11.6 Å². The summed E-state index contributed by atoms with van der Waals surface area (Å²) in [6.45, 7) is 0. The van der Waals surface area contributed by atoms with Crippen molar-refractivity contribution in [2.75, 3.05) is 0 Å². The molecule has 0 spiro atoms. The molecule has 12 heavy (non-hydrogen) atoms. The van der Waals surface area contributed by atoms with Gasteiger partial charge in [-0.3, -0.25) is 4.79 Å². The molecule has 2 rings (SSSR count). The Morgan fingerprint density at radius 1 is 1.17 bits per heavy atom. The van der Waals surface area contributed by atoms with Crippen LogP contribution in [0.2, 0.25) is 0 Å². The van der Waals surface area contributed by atoms with Crippen LogP contribution < -0.4 is 0 Å². The molecule has 0 N–H and O–H groups in total. The number of rotatable bonds is 1. The maximum Gasteiger partial charge on any atom is 0.141 e. The Hall–Kier alpha value is -0.590. The van der Waals surface area contributed by atoms with E-state index in [4.69, 9.17) is 0 Å². The first-order valence-electron chi connectivity index (χ1n) is 5.09. The van der Waals surface area contributed by atoms with Crippen LogP contribution in [-0.4, -0.2) is 5.78 Å². The summed E-state index contributed by atoms with van der Waals surface area (Å²) < 4.78 is 0. The first-order chi connectivity index (χ1) is 5.88. The maximum absolute atomic E-state index is 10.9. The highest BCUT2D eigenvalue weighted by atomic mass is 16.1. The Labute approximate surface area is 73.8 Å². The lowest BCUT2D eigenvalue weighted by Crippen LogP contribution is -1.93. The van der Waals surface area contributed by atoms with Crippen LogP contribution in [0.1, 0.15) is 44.9 Å². The van der Waals surface area contributed by atoms with E-state index in [9.17, 15) is 4.79 Å². The van der Waals surface area contributed by atoms with Crippen molar-refractivity contribution in [3.8, 4) is 0 Å². The van der Waals surface area contributed by atoms with E-state index in [0.29, 0.717) is 11.7 Å². The fraction of sp³-hybridized carbons (Fsp3) is 0.727. The van der Waals surface area contributed by atoms with Gasteiger partial charge in [-0.05, 0) is 25.7 Å². The smallest absolute Gasteiger partial charge is 0.141 e. The van der Waals surface area contributed by atoms with Gasteiger partial charge in [-0.15, -0.1) is 0 Å². The Morgan fingerprint density at radius 3 is 2.67 bits per heavy atom. The molecule has 66 valence electrons. The van der Waals surface area contributed by atoms with Gasteiger partial charge < -0.3 is 0 Å². The molecule has 0 aromatic rings. The van der Waals surface area contributed by atoms with Crippen molar-refractivity contribution >= 4 is 5.78 Å². The van der Waals surface area contributed by atoms with E-state index in [0.717, 1.165) is 6.42 Å². The van der Waals surface area contributed by atoms with E-state index in [1.807, 2.05) is 0 Å². The highest BCUT2D eigenvalue weighted by molar-refractivity contribution is 5.98. The van der Waals surface area contributed by atoms with Crippen LogP contribution in [-0.2, 0) is 4.79 Å². The van der Waals surface area contributed by atoms with E-state index in [1.165, 1.54) is 44.1 Å². The van der Waals surface area contributed by atoms with Crippen LogP contribution in [0.25, 0.3) is 0 Å². The first-order valence-corrected chi connectivity index (χ1v) is 5.09. The molecule has 0 heterocycles. The minimum absolute atomic E-state index is 0.364. The lowest BCUT2D eigenvalue weighted by Gasteiger charge is -2.08. The second-order valence-corrected chi connectivity index (χ2v) is 3.95. The molecule has 0 saturated heterocycles. The Bertz CT molecular complexity index is 215. The fourth-order valence-electron chi connectivity index (χ4n) is 2.01. The molecule has 1 heteroatoms. The van der Waals surface area contributed by atoms with Crippen molar-refractivity contribution in [1.29, 1.82) is 0 Å². The molecule has 0 amide bonds. The second kappa shape index (κ2) is 3.42. The highest BCUT2D eigenvalue weighted by Gasteiger charge is 2.37. The quantitative estimate of drug-likeness (QED) is 0.545. The average molecular weight is 164 g/mol. The minimum atomic E-state index is 0.364. The van der Waals surface area contributed by atoms with Gasteiger partial charge in [0, 0.05) is 12.3 Å². The molecule has 2 aliphatic carbocycles. The number of hydrogen-bond donors (Lipinski definition) is 0. The van der Waals surface area contributed by atoms with Crippen molar-refractivity contribution in [2.45, 2.75) is 44.9 Å². The van der Waals surface area contributed by atoms with Gasteiger partial charge in [-0.2, -0.15) is 0 Å². The topological polar surface area (TPSA) is 17.1 Å². The lowest BCUT2D eigenvalue weighted by molar-refractivity contribution is -0.110. The molecular weight excluding hydrogens is 148 g/mol. The third-order valence-electron chi connectivity index (χ3n) is 2.91. The predicted octanol–water partition coefficient (Wildman–Crippen LogP) is 2.86. The van der Waals surface area contributed by atoms with E-state index < -0.39 is 0 Å². The van der Waals surface area contributed by atoms with Gasteiger partial charge in [0.2, 0.25) is 0 Å². The monoisotopic (exact) mass is 164 g/mol. The SMILES string of the molecule is O=C1CC1/C1=C/CCCCCC1. The predicted molar refractivity (Wildman–Crippen MR) is 48.9 cm³/mol. The molecular formula is C11H16O. The zero-order valence-corrected chi connectivity index (χ0v) is 7.51. The molecule has 0 radical (unpaired) electrons. The lowest BCUT2D eigenvalue weighted by atomic mass is 9.97. The van der Waals surface area contributed by atoms with Gasteiger partial charge in [0.1, 0.15) is 5.78 Å². The third kappa shape index (κ3) is 1.77. The van der Waals surface area contributed by atoms with E-state index in [-0.39, 0.29) is 0 Å². The molecule has 1 nitrogen and oxygen atoms in total. The van der Waals surface area contributed by atoms with E-state index >= 15 is 0 Å². The summed E-state index contributed by atoms with van der Waals surface area (Å²) in [6, 6.07) is 0. The summed E-state index contributed by atoms with van der Waals surface area (Å²) in [5, 5.41) is 0. The fourth-order valence-corrected chi connectivity index (χ4v) is 2.01. The van der Waals surface area contributed by atoms with Gasteiger partial charge in [0.25, 0.3) is 0 Å². The maximum atomic E-state index is 10.9. The van der Waals surface area contributed by atoms with Gasteiger partial charge in [-0.25, -0.2) is 0 Å². The van der Waals surface area contributed by atoms with Crippen LogP contribution in [0.15, 0.2) is 11.6 Å². The number of ketones is 1. The molecule has 1 fully saturated rings. The van der Waals surface area contributed by atoms with Crippen LogP contribution in [0.4, 0.5) is 0 Å². The summed E-state index contributed by atoms with van der Waals surface area (Å²) in [5.74, 6) is 0.838. The Morgan fingerprint density at radius 2 is 1.92 bits per heavy atom. The van der Waals surface area contributed by atoms with Crippen molar-refractivity contribution in [2.24, 2.45) is 5.92 Å². The highest BCUT2D eigenvalue weighted by Crippen LogP contribution is 2.36. The van der Waals surface area contributed by atoms with Gasteiger partial charge in [-0.1, -0.05) is 24.5 Å². The Balaban J connectivity index is 1.96. The molecule has 2 aliphatic rings. The summed E-state index contributed by atoms with van der Waals surface area (Å²) in [7, 11) is 0. The summed E-state index contributed by atoms with van der Waals surface area (Å²) in [6.07, 6.45) is 10.9. The number of Topliss-reactive ketones (excluding diaryl/α,β-unsaturated/α-hetero) is 1. The van der Waals surface area contributed by atoms with Gasteiger partial charge >= 0.3 is 0 Å². The average Bonchev–Trinajstić information content (AvgIpc) is 2.65. The van der Waals surface area contributed by atoms with E-state index in [2.05, 4.69) is 6.08 Å². The zero-order chi connectivity index (χ0) is 8.39. The Kier molecular flexibility index (Phi) is 2.29. The molecule has 1 atom stereocenters. The summed E-state index contributed by atoms with van der Waals surface area (Å²) in [4.78, 5) is 10.9. The van der Waals surface area contributed by atoms with E-state index in [1.54, 1.807) is 0 Å². The molecule has 0 bridgehead atoms. The summed E-state index contributed by atoms with van der Waals surface area (Å²) >= 11 is 0. The number of carbonyl (C=O) groups excluding carboxylic acids is 1. The van der Waals surface area contributed by atoms with Crippen LogP contribution in [0.3, 0.4) is 0 Å². The number of allylic oxidation sites excluding steroid dienone is 2. The summed E-state index contributed by atoms with van der Waals surface area (Å²) in [5.41, 5.74) is 1.46. The molecule has 0 aromatic heterocycles. The molecule has 1 saturated carbocycles. The largest absolute Gasteiger partial charge is 0.299 e. The normalized spacial score (nSPS) is 34.8. The number of hydrogen-bond acceptors (Lipinski definition) is 1. The zero-order valence-electron chi connectivity index (χ0n) is 7.51. The van der Waals surface area contributed by atoms with Crippen LogP contribution >= 0.6 is 0 Å². The second-order valence-electron chi connectivity index (χ2n) is 3.95. The molecule has 1 unspecified atom stereocenters. The van der Waals surface area contributed by atoms with Gasteiger partial charge in [0.15, 0.2) is 0 Å². The van der Waals surface area contributed by atoms with Crippen molar-refractivity contribution < 1.29 is 4.79 Å². The number of carbonyl (C=O) groups is 1. The van der Waals surface area contributed by atoms with Crippen molar-refractivity contribution in [3.63, 3.8) is 0 Å². The molecule has 0 aromatic carbocycles. The van der Waals surface area contributed by atoms with Crippen LogP contribution in [0.5, 0.6) is 0 Å². The minimum Gasteiger partial charge on any atom is -0.299 e. The van der Waals surface area contributed by atoms with Gasteiger partial charge in [0.05, 0.1) is 0 Å². The first kappa shape index (κ1) is 8.03. The van der Waals surface area contributed by atoms with Crippen LogP contribution in [0, 0.1) is 5.92 Å². The standard InChI is InChI=1S/C11H16O/c12-11-8-10(11)9-6-4-2-1-3-5-7-9/h6,10H,1-5,7-8H2/b9-6+. The third-order valence-corrected chi connectivity index (χ3v) is 2.91.